The van der Waals surface area contributed by atoms with E-state index >= 15 is 0 Å². The minimum absolute atomic E-state index is 0.00292. The van der Waals surface area contributed by atoms with E-state index < -0.39 is 4.92 Å². The third-order valence-electron chi connectivity index (χ3n) is 3.60. The predicted molar refractivity (Wildman–Crippen MR) is 74.9 cm³/mol. The molecule has 0 aromatic heterocycles. The molecule has 0 amide bonds. The Morgan fingerprint density at radius 3 is 2.95 bits per heavy atom. The quantitative estimate of drug-likeness (QED) is 0.661. The monoisotopic (exact) mass is 280 g/mol. The summed E-state index contributed by atoms with van der Waals surface area (Å²) in [5.74, 6) is 0.283. The Hall–Kier alpha value is -1.66. The summed E-state index contributed by atoms with van der Waals surface area (Å²) in [7, 11) is 1.43. The molecule has 0 aliphatic carbocycles. The van der Waals surface area contributed by atoms with Crippen molar-refractivity contribution < 1.29 is 14.4 Å². The Kier molecular flexibility index (Phi) is 4.57. The van der Waals surface area contributed by atoms with E-state index in [2.05, 4.69) is 12.2 Å². The van der Waals surface area contributed by atoms with Crippen molar-refractivity contribution in [3.63, 3.8) is 0 Å². The maximum absolute atomic E-state index is 11.0. The molecule has 6 nitrogen and oxygen atoms in total. The SMILES string of the molecule is COc1ccc(CNC2(C)CCCOC2)cc1[N+](=O)[O-]. The van der Waals surface area contributed by atoms with Crippen LogP contribution < -0.4 is 10.1 Å². The van der Waals surface area contributed by atoms with E-state index in [0.717, 1.165) is 25.0 Å². The van der Waals surface area contributed by atoms with Crippen LogP contribution in [0.15, 0.2) is 18.2 Å². The van der Waals surface area contributed by atoms with Gasteiger partial charge in [0.1, 0.15) is 0 Å². The average molecular weight is 280 g/mol. The van der Waals surface area contributed by atoms with Gasteiger partial charge in [0.2, 0.25) is 0 Å². The summed E-state index contributed by atoms with van der Waals surface area (Å²) < 4.78 is 10.5. The third kappa shape index (κ3) is 3.46. The summed E-state index contributed by atoms with van der Waals surface area (Å²) in [6, 6.07) is 5.03. The summed E-state index contributed by atoms with van der Waals surface area (Å²) in [6.07, 6.45) is 2.08. The Labute approximate surface area is 118 Å². The number of methoxy groups -OCH3 is 1. The van der Waals surface area contributed by atoms with E-state index in [1.165, 1.54) is 7.11 Å². The smallest absolute Gasteiger partial charge is 0.311 e. The lowest BCUT2D eigenvalue weighted by molar-refractivity contribution is -0.385. The first kappa shape index (κ1) is 14.7. The maximum Gasteiger partial charge on any atom is 0.311 e. The molecule has 0 bridgehead atoms. The number of benzene rings is 1. The fraction of sp³-hybridized carbons (Fsp3) is 0.571. The van der Waals surface area contributed by atoms with Crippen molar-refractivity contribution >= 4 is 5.69 Å². The van der Waals surface area contributed by atoms with Crippen molar-refractivity contribution in [1.29, 1.82) is 0 Å². The van der Waals surface area contributed by atoms with Crippen molar-refractivity contribution in [2.75, 3.05) is 20.3 Å². The second-order valence-corrected chi connectivity index (χ2v) is 5.33. The van der Waals surface area contributed by atoms with E-state index in [1.807, 2.05) is 6.07 Å². The van der Waals surface area contributed by atoms with Crippen LogP contribution in [0.4, 0.5) is 5.69 Å². The first-order valence-corrected chi connectivity index (χ1v) is 6.68. The predicted octanol–water partition coefficient (Wildman–Crippen LogP) is 2.26. The molecule has 1 aliphatic heterocycles. The van der Waals surface area contributed by atoms with Gasteiger partial charge in [-0.05, 0) is 31.4 Å². The van der Waals surface area contributed by atoms with Crippen LogP contribution >= 0.6 is 0 Å². The Morgan fingerprint density at radius 2 is 2.35 bits per heavy atom. The molecule has 1 atom stereocenters. The molecule has 1 heterocycles. The fourth-order valence-corrected chi connectivity index (χ4v) is 2.38. The van der Waals surface area contributed by atoms with Crippen LogP contribution in [0.2, 0.25) is 0 Å². The molecule has 110 valence electrons. The van der Waals surface area contributed by atoms with Gasteiger partial charge < -0.3 is 14.8 Å². The number of rotatable bonds is 5. The molecule has 0 spiro atoms. The van der Waals surface area contributed by atoms with Gasteiger partial charge in [0, 0.05) is 24.8 Å². The number of nitro benzene ring substituents is 1. The Balaban J connectivity index is 2.06. The summed E-state index contributed by atoms with van der Waals surface area (Å²) in [6.45, 7) is 4.17. The highest BCUT2D eigenvalue weighted by molar-refractivity contribution is 5.48. The minimum Gasteiger partial charge on any atom is -0.490 e. The van der Waals surface area contributed by atoms with Gasteiger partial charge in [0.15, 0.2) is 5.75 Å². The number of hydrogen-bond donors (Lipinski definition) is 1. The molecule has 20 heavy (non-hydrogen) atoms. The van der Waals surface area contributed by atoms with Crippen molar-refractivity contribution in [3.05, 3.63) is 33.9 Å². The average Bonchev–Trinajstić information content (AvgIpc) is 2.45. The molecule has 0 saturated carbocycles. The highest BCUT2D eigenvalue weighted by Crippen LogP contribution is 2.28. The maximum atomic E-state index is 11.0. The number of nitrogens with one attached hydrogen (secondary N) is 1. The lowest BCUT2D eigenvalue weighted by Crippen LogP contribution is -2.48. The number of ether oxygens (including phenoxy) is 2. The van der Waals surface area contributed by atoms with Gasteiger partial charge in [-0.1, -0.05) is 6.07 Å². The van der Waals surface area contributed by atoms with Crippen LogP contribution in [0.3, 0.4) is 0 Å². The van der Waals surface area contributed by atoms with Crippen LogP contribution in [0, 0.1) is 10.1 Å². The van der Waals surface area contributed by atoms with Gasteiger partial charge in [0.05, 0.1) is 18.6 Å². The van der Waals surface area contributed by atoms with Gasteiger partial charge in [0.25, 0.3) is 0 Å². The number of nitro groups is 1. The van der Waals surface area contributed by atoms with Crippen LogP contribution in [-0.2, 0) is 11.3 Å². The fourth-order valence-electron chi connectivity index (χ4n) is 2.38. The molecule has 1 aliphatic rings. The highest BCUT2D eigenvalue weighted by atomic mass is 16.6. The zero-order valence-electron chi connectivity index (χ0n) is 11.8. The molecule has 1 aromatic carbocycles. The normalized spacial score (nSPS) is 22.5. The van der Waals surface area contributed by atoms with E-state index in [-0.39, 0.29) is 17.0 Å². The van der Waals surface area contributed by atoms with Crippen LogP contribution in [0.1, 0.15) is 25.3 Å². The van der Waals surface area contributed by atoms with Crippen molar-refractivity contribution in [2.24, 2.45) is 0 Å². The van der Waals surface area contributed by atoms with Crippen molar-refractivity contribution in [1.82, 2.24) is 5.32 Å². The number of nitrogens with zero attached hydrogens (tertiary/aromatic N) is 1. The van der Waals surface area contributed by atoms with Gasteiger partial charge in [-0.25, -0.2) is 0 Å². The standard InChI is InChI=1S/C14H20N2O4/c1-14(6-3-7-20-10-14)15-9-11-4-5-13(19-2)12(8-11)16(17)18/h4-5,8,15H,3,6-7,9-10H2,1-2H3. The summed E-state index contributed by atoms with van der Waals surface area (Å²) in [5.41, 5.74) is 0.800. The molecule has 1 unspecified atom stereocenters. The lowest BCUT2D eigenvalue weighted by Gasteiger charge is -2.34. The van der Waals surface area contributed by atoms with Gasteiger partial charge in [-0.3, -0.25) is 10.1 Å². The van der Waals surface area contributed by atoms with Gasteiger partial charge in [-0.2, -0.15) is 0 Å². The second-order valence-electron chi connectivity index (χ2n) is 5.33. The molecule has 1 fully saturated rings. The second kappa shape index (κ2) is 6.19. The zero-order chi connectivity index (χ0) is 14.6. The molecule has 1 aromatic rings. The van der Waals surface area contributed by atoms with Crippen molar-refractivity contribution in [3.8, 4) is 5.75 Å². The minimum atomic E-state index is -0.423. The lowest BCUT2D eigenvalue weighted by atomic mass is 9.94. The highest BCUT2D eigenvalue weighted by Gasteiger charge is 2.27. The first-order valence-electron chi connectivity index (χ1n) is 6.68. The summed E-state index contributed by atoms with van der Waals surface area (Å²) in [4.78, 5) is 10.6. The van der Waals surface area contributed by atoms with Crippen molar-refractivity contribution in [2.45, 2.75) is 31.8 Å². The summed E-state index contributed by atoms with van der Waals surface area (Å²) in [5, 5.41) is 14.4. The van der Waals surface area contributed by atoms with E-state index in [0.29, 0.717) is 13.2 Å². The van der Waals surface area contributed by atoms with Gasteiger partial charge in [-0.15, -0.1) is 0 Å². The molecule has 1 saturated heterocycles. The molecular formula is C14H20N2O4. The Bertz CT molecular complexity index is 484. The third-order valence-corrected chi connectivity index (χ3v) is 3.60. The van der Waals surface area contributed by atoms with E-state index in [1.54, 1.807) is 12.1 Å². The Morgan fingerprint density at radius 1 is 1.55 bits per heavy atom. The van der Waals surface area contributed by atoms with Crippen LogP contribution in [0.5, 0.6) is 5.75 Å². The molecule has 6 heteroatoms. The van der Waals surface area contributed by atoms with Gasteiger partial charge >= 0.3 is 5.69 Å². The van der Waals surface area contributed by atoms with Crippen LogP contribution in [-0.4, -0.2) is 30.8 Å². The summed E-state index contributed by atoms with van der Waals surface area (Å²) >= 11 is 0. The first-order chi connectivity index (χ1) is 9.54. The molecule has 2 rings (SSSR count). The van der Waals surface area contributed by atoms with E-state index in [4.69, 9.17) is 9.47 Å². The van der Waals surface area contributed by atoms with Crippen LogP contribution in [0.25, 0.3) is 0 Å². The molecule has 0 radical (unpaired) electrons. The molecule has 1 N–H and O–H groups in total. The topological polar surface area (TPSA) is 73.6 Å². The molecular weight excluding hydrogens is 260 g/mol. The van der Waals surface area contributed by atoms with E-state index in [9.17, 15) is 10.1 Å². The number of hydrogen-bond acceptors (Lipinski definition) is 5. The largest absolute Gasteiger partial charge is 0.490 e. The zero-order valence-corrected chi connectivity index (χ0v) is 11.8.